The normalized spacial score (nSPS) is 12.9. The van der Waals surface area contributed by atoms with E-state index in [1.54, 1.807) is 34.3 Å². The van der Waals surface area contributed by atoms with Crippen LogP contribution in [0.25, 0.3) is 0 Å². The number of aliphatic carboxylic acids is 1. The van der Waals surface area contributed by atoms with E-state index in [4.69, 9.17) is 28.4 Å². The highest BCUT2D eigenvalue weighted by Crippen LogP contribution is 2.40. The maximum absolute atomic E-state index is 13.1. The quantitative estimate of drug-likeness (QED) is 0.155. The molecule has 2 unspecified atom stereocenters. The molecule has 3 aromatic carbocycles. The van der Waals surface area contributed by atoms with Crippen LogP contribution in [0.5, 0.6) is 29.1 Å². The summed E-state index contributed by atoms with van der Waals surface area (Å²) in [7, 11) is 6.14. The van der Waals surface area contributed by atoms with Crippen molar-refractivity contribution < 1.29 is 38.3 Å². The fourth-order valence-electron chi connectivity index (χ4n) is 5.33. The van der Waals surface area contributed by atoms with Crippen molar-refractivity contribution >= 4 is 5.97 Å². The van der Waals surface area contributed by atoms with Crippen LogP contribution in [0.2, 0.25) is 0 Å². The van der Waals surface area contributed by atoms with Crippen LogP contribution in [-0.2, 0) is 28.0 Å². The monoisotopic (exact) mass is 616 g/mol. The number of carboxylic acid groups (broad SMARTS) is 1. The molecule has 0 aliphatic carbocycles. The van der Waals surface area contributed by atoms with E-state index in [0.717, 1.165) is 11.1 Å². The largest absolute Gasteiger partial charge is 0.493 e. The third kappa shape index (κ3) is 8.21. The predicted molar refractivity (Wildman–Crippen MR) is 169 cm³/mol. The fourth-order valence-corrected chi connectivity index (χ4v) is 5.33. The van der Waals surface area contributed by atoms with Crippen molar-refractivity contribution in [2.75, 3.05) is 35.0 Å². The molecule has 0 aliphatic rings. The van der Waals surface area contributed by atoms with Crippen LogP contribution in [0.4, 0.5) is 0 Å². The van der Waals surface area contributed by atoms with Gasteiger partial charge in [0, 0.05) is 11.8 Å². The molecule has 0 saturated carbocycles. The molecule has 0 amide bonds. The number of carbonyl (C=O) groups is 1. The molecular formula is C35H40N2O8. The zero-order valence-electron chi connectivity index (χ0n) is 26.3. The standard InChI is InChI=1S/C35H40N2O8/c1-24-21-30(42-4)37-34(36-24)45-32(33(38)39)35(27-16-10-7-11-17-27,19-12-15-25-13-8-6-9-14-25)44-20-18-26-22-28(40-2)31(43-5)29(23-26)41-3/h6-11,13-14,16-17,21-23,32H,12,15,18-20H2,1-5H3,(H,38,39). The SMILES string of the molecule is COc1cc(C)nc(OC(C(=O)O)C(CCCc2ccccc2)(OCCc2cc(OC)c(OC)c(OC)c2)c2ccccc2)n1. The minimum atomic E-state index is -1.50. The van der Waals surface area contributed by atoms with Crippen molar-refractivity contribution in [2.45, 2.75) is 44.3 Å². The van der Waals surface area contributed by atoms with E-state index in [9.17, 15) is 9.90 Å². The minimum Gasteiger partial charge on any atom is -0.493 e. The van der Waals surface area contributed by atoms with Gasteiger partial charge in [-0.3, -0.25) is 0 Å². The van der Waals surface area contributed by atoms with Crippen molar-refractivity contribution in [1.82, 2.24) is 9.97 Å². The molecular weight excluding hydrogens is 576 g/mol. The van der Waals surface area contributed by atoms with Crippen LogP contribution >= 0.6 is 0 Å². The van der Waals surface area contributed by atoms with Gasteiger partial charge in [0.1, 0.15) is 5.60 Å². The topological polar surface area (TPSA) is 118 Å². The third-order valence-corrected chi connectivity index (χ3v) is 7.48. The number of nitrogens with zero attached hydrogens (tertiary/aromatic N) is 2. The second-order valence-corrected chi connectivity index (χ2v) is 10.4. The Bertz CT molecular complexity index is 1510. The molecule has 10 nitrogen and oxygen atoms in total. The van der Waals surface area contributed by atoms with E-state index in [-0.39, 0.29) is 18.5 Å². The summed E-state index contributed by atoms with van der Waals surface area (Å²) in [6, 6.07) is 24.6. The van der Waals surface area contributed by atoms with E-state index >= 15 is 0 Å². The van der Waals surface area contributed by atoms with Crippen LogP contribution in [0.3, 0.4) is 0 Å². The van der Waals surface area contributed by atoms with Crippen molar-refractivity contribution in [1.29, 1.82) is 0 Å². The molecule has 1 N–H and O–H groups in total. The zero-order valence-corrected chi connectivity index (χ0v) is 26.3. The summed E-state index contributed by atoms with van der Waals surface area (Å²) in [5.74, 6) is 0.564. The van der Waals surface area contributed by atoms with Gasteiger partial charge in [-0.25, -0.2) is 9.78 Å². The highest BCUT2D eigenvalue weighted by Gasteiger charge is 2.48. The van der Waals surface area contributed by atoms with Crippen LogP contribution in [0, 0.1) is 6.92 Å². The Morgan fingerprint density at radius 2 is 1.44 bits per heavy atom. The summed E-state index contributed by atoms with van der Waals surface area (Å²) in [4.78, 5) is 21.8. The van der Waals surface area contributed by atoms with Gasteiger partial charge in [-0.2, -0.15) is 4.98 Å². The Kier molecular flexibility index (Phi) is 11.6. The molecule has 0 fully saturated rings. The summed E-state index contributed by atoms with van der Waals surface area (Å²) in [6.45, 7) is 1.91. The molecule has 0 aliphatic heterocycles. The van der Waals surface area contributed by atoms with Crippen molar-refractivity contribution in [3.05, 3.63) is 101 Å². The van der Waals surface area contributed by atoms with Gasteiger partial charge in [-0.05, 0) is 61.4 Å². The van der Waals surface area contributed by atoms with Gasteiger partial charge in [0.2, 0.25) is 17.7 Å². The number of ether oxygens (including phenoxy) is 6. The molecule has 1 aromatic heterocycles. The number of benzene rings is 3. The summed E-state index contributed by atoms with van der Waals surface area (Å²) in [5, 5.41) is 10.7. The average molecular weight is 617 g/mol. The maximum atomic E-state index is 13.1. The zero-order chi connectivity index (χ0) is 32.2. The van der Waals surface area contributed by atoms with Gasteiger partial charge >= 0.3 is 12.0 Å². The number of aromatic nitrogens is 2. The van der Waals surface area contributed by atoms with Gasteiger partial charge < -0.3 is 33.5 Å². The van der Waals surface area contributed by atoms with Gasteiger partial charge in [0.15, 0.2) is 11.5 Å². The van der Waals surface area contributed by atoms with E-state index in [1.165, 1.54) is 7.11 Å². The van der Waals surface area contributed by atoms with Gasteiger partial charge in [-0.1, -0.05) is 60.7 Å². The molecule has 0 saturated heterocycles. The van der Waals surface area contributed by atoms with Crippen LogP contribution < -0.4 is 23.7 Å². The number of aryl methyl sites for hydroxylation is 2. The maximum Gasteiger partial charge on any atom is 0.348 e. The lowest BCUT2D eigenvalue weighted by Gasteiger charge is -2.38. The lowest BCUT2D eigenvalue weighted by Crippen LogP contribution is -2.51. The van der Waals surface area contributed by atoms with E-state index in [2.05, 4.69) is 9.97 Å². The smallest absolute Gasteiger partial charge is 0.348 e. The number of hydrogen-bond acceptors (Lipinski definition) is 9. The molecule has 45 heavy (non-hydrogen) atoms. The molecule has 2 atom stereocenters. The lowest BCUT2D eigenvalue weighted by atomic mass is 9.82. The number of rotatable bonds is 17. The van der Waals surface area contributed by atoms with Crippen LogP contribution in [-0.4, -0.2) is 62.2 Å². The molecule has 1 heterocycles. The Labute approximate surface area is 263 Å². The average Bonchev–Trinajstić information content (AvgIpc) is 3.06. The molecule has 4 rings (SSSR count). The summed E-state index contributed by atoms with van der Waals surface area (Å²) >= 11 is 0. The first-order chi connectivity index (χ1) is 21.8. The fraction of sp³-hybridized carbons (Fsp3) is 0.343. The van der Waals surface area contributed by atoms with E-state index < -0.39 is 17.7 Å². The first-order valence-electron chi connectivity index (χ1n) is 14.6. The third-order valence-electron chi connectivity index (χ3n) is 7.48. The summed E-state index contributed by atoms with van der Waals surface area (Å²) in [5.41, 5.74) is 1.81. The molecule has 4 aromatic rings. The van der Waals surface area contributed by atoms with Gasteiger partial charge in [0.25, 0.3) is 0 Å². The molecule has 238 valence electrons. The van der Waals surface area contributed by atoms with Gasteiger partial charge in [-0.15, -0.1) is 0 Å². The highest BCUT2D eigenvalue weighted by atomic mass is 16.6. The number of methoxy groups -OCH3 is 4. The Morgan fingerprint density at radius 1 is 0.800 bits per heavy atom. The van der Waals surface area contributed by atoms with Crippen LogP contribution in [0.15, 0.2) is 78.9 Å². The highest BCUT2D eigenvalue weighted by molar-refractivity contribution is 5.75. The lowest BCUT2D eigenvalue weighted by molar-refractivity contribution is -0.173. The molecule has 0 spiro atoms. The molecule has 10 heteroatoms. The van der Waals surface area contributed by atoms with E-state index in [1.807, 2.05) is 72.8 Å². The predicted octanol–water partition coefficient (Wildman–Crippen LogP) is 5.83. The number of hydrogen-bond donors (Lipinski definition) is 1. The van der Waals surface area contributed by atoms with Gasteiger partial charge in [0.05, 0.1) is 35.0 Å². The van der Waals surface area contributed by atoms with Crippen molar-refractivity contribution in [3.63, 3.8) is 0 Å². The second kappa shape index (κ2) is 15.8. The molecule has 0 radical (unpaired) electrons. The van der Waals surface area contributed by atoms with Crippen LogP contribution in [0.1, 0.15) is 35.2 Å². The number of carboxylic acids is 1. The first kappa shape index (κ1) is 33.1. The summed E-state index contributed by atoms with van der Waals surface area (Å²) < 4.78 is 34.7. The van der Waals surface area contributed by atoms with E-state index in [0.29, 0.717) is 54.2 Å². The Balaban J connectivity index is 1.74. The summed E-state index contributed by atoms with van der Waals surface area (Å²) in [6.07, 6.45) is 0.592. The Morgan fingerprint density at radius 3 is 2.02 bits per heavy atom. The molecule has 0 bridgehead atoms. The Hall–Kier alpha value is -4.83. The van der Waals surface area contributed by atoms with Crippen molar-refractivity contribution in [3.8, 4) is 29.1 Å². The van der Waals surface area contributed by atoms with Crippen molar-refractivity contribution in [2.24, 2.45) is 0 Å². The first-order valence-corrected chi connectivity index (χ1v) is 14.6. The minimum absolute atomic E-state index is 0.115. The second-order valence-electron chi connectivity index (χ2n) is 10.4.